The summed E-state index contributed by atoms with van der Waals surface area (Å²) in [4.78, 5) is 11.6. The highest BCUT2D eigenvalue weighted by atomic mass is 35.5. The lowest BCUT2D eigenvalue weighted by molar-refractivity contribution is -0.113. The zero-order valence-electron chi connectivity index (χ0n) is 11.3. The van der Waals surface area contributed by atoms with Crippen LogP contribution in [0.25, 0.3) is 0 Å². The Bertz CT molecular complexity index is 575. The van der Waals surface area contributed by atoms with Crippen molar-refractivity contribution >= 4 is 16.8 Å². The van der Waals surface area contributed by atoms with Crippen LogP contribution >= 0.6 is 11.6 Å². The number of carbonyl (C=O) groups excluding carboxylic acids is 1. The van der Waals surface area contributed by atoms with Crippen molar-refractivity contribution in [1.82, 2.24) is 0 Å². The fraction of sp³-hybridized carbons (Fsp3) is 0.235. The van der Waals surface area contributed by atoms with Crippen LogP contribution in [0.15, 0.2) is 48.5 Å². The first-order valence-corrected chi connectivity index (χ1v) is 7.00. The Labute approximate surface area is 123 Å². The number of halogens is 2. The van der Waals surface area contributed by atoms with Gasteiger partial charge in [-0.3, -0.25) is 4.79 Å². The topological polar surface area (TPSA) is 17.1 Å². The predicted octanol–water partition coefficient (Wildman–Crippen LogP) is 4.48. The summed E-state index contributed by atoms with van der Waals surface area (Å²) < 4.78 is 12.9. The van der Waals surface area contributed by atoms with E-state index in [1.165, 1.54) is 17.7 Å². The minimum absolute atomic E-state index is 0.318. The summed E-state index contributed by atoms with van der Waals surface area (Å²) in [7, 11) is 0. The molecule has 0 saturated heterocycles. The van der Waals surface area contributed by atoms with Gasteiger partial charge in [0.1, 0.15) is 5.82 Å². The average molecular weight is 291 g/mol. The van der Waals surface area contributed by atoms with Gasteiger partial charge < -0.3 is 0 Å². The molecule has 0 radical (unpaired) electrons. The van der Waals surface area contributed by atoms with E-state index in [2.05, 4.69) is 19.1 Å². The maximum atomic E-state index is 12.9. The SMILES string of the molecule is CCc1ccc(CC(C(=O)Cl)c2ccc(F)cc2)cc1. The van der Waals surface area contributed by atoms with E-state index in [1.807, 2.05) is 12.1 Å². The summed E-state index contributed by atoms with van der Waals surface area (Å²) in [6.45, 7) is 2.10. The van der Waals surface area contributed by atoms with Crippen molar-refractivity contribution in [2.24, 2.45) is 0 Å². The molecule has 0 amide bonds. The molecule has 0 fully saturated rings. The van der Waals surface area contributed by atoms with Crippen molar-refractivity contribution < 1.29 is 9.18 Å². The van der Waals surface area contributed by atoms with Gasteiger partial charge in [0, 0.05) is 0 Å². The lowest BCUT2D eigenvalue weighted by atomic mass is 9.92. The summed E-state index contributed by atoms with van der Waals surface area (Å²) in [6.07, 6.45) is 1.51. The molecule has 2 aromatic rings. The molecule has 0 N–H and O–H groups in total. The smallest absolute Gasteiger partial charge is 0.229 e. The second-order valence-corrected chi connectivity index (χ2v) is 5.15. The molecule has 1 atom stereocenters. The summed E-state index contributed by atoms with van der Waals surface area (Å²) in [5.74, 6) is -0.758. The predicted molar refractivity (Wildman–Crippen MR) is 79.5 cm³/mol. The molecule has 2 aromatic carbocycles. The van der Waals surface area contributed by atoms with E-state index in [9.17, 15) is 9.18 Å². The van der Waals surface area contributed by atoms with E-state index in [0.717, 1.165) is 17.5 Å². The van der Waals surface area contributed by atoms with Crippen LogP contribution in [0.5, 0.6) is 0 Å². The van der Waals surface area contributed by atoms with Gasteiger partial charge in [-0.25, -0.2) is 4.39 Å². The number of hydrogen-bond acceptors (Lipinski definition) is 1. The molecule has 2 rings (SSSR count). The molecule has 0 heterocycles. The van der Waals surface area contributed by atoms with Gasteiger partial charge in [-0.15, -0.1) is 0 Å². The first-order valence-electron chi connectivity index (χ1n) is 6.62. The van der Waals surface area contributed by atoms with E-state index >= 15 is 0 Å². The van der Waals surface area contributed by atoms with Crippen molar-refractivity contribution in [3.05, 3.63) is 71.0 Å². The van der Waals surface area contributed by atoms with Gasteiger partial charge in [0.25, 0.3) is 0 Å². The van der Waals surface area contributed by atoms with Crippen LogP contribution in [0.3, 0.4) is 0 Å². The zero-order valence-corrected chi connectivity index (χ0v) is 12.0. The zero-order chi connectivity index (χ0) is 14.5. The summed E-state index contributed by atoms with van der Waals surface area (Å²) in [5, 5.41) is -0.420. The molecule has 1 nitrogen and oxygen atoms in total. The van der Waals surface area contributed by atoms with Crippen LogP contribution in [-0.4, -0.2) is 5.24 Å². The summed E-state index contributed by atoms with van der Waals surface area (Å²) in [5.41, 5.74) is 3.04. The highest BCUT2D eigenvalue weighted by molar-refractivity contribution is 6.64. The molecular weight excluding hydrogens is 275 g/mol. The molecule has 0 saturated carbocycles. The largest absolute Gasteiger partial charge is 0.281 e. The molecule has 20 heavy (non-hydrogen) atoms. The maximum absolute atomic E-state index is 12.9. The number of benzene rings is 2. The van der Waals surface area contributed by atoms with E-state index in [1.54, 1.807) is 12.1 Å². The Morgan fingerprint density at radius 3 is 2.10 bits per heavy atom. The van der Waals surface area contributed by atoms with Crippen molar-refractivity contribution in [1.29, 1.82) is 0 Å². The Balaban J connectivity index is 2.20. The van der Waals surface area contributed by atoms with E-state index in [-0.39, 0.29) is 5.82 Å². The molecule has 104 valence electrons. The average Bonchev–Trinajstić information content (AvgIpc) is 2.46. The first kappa shape index (κ1) is 14.7. The van der Waals surface area contributed by atoms with Gasteiger partial charge >= 0.3 is 0 Å². The Hall–Kier alpha value is -1.67. The molecule has 3 heteroatoms. The fourth-order valence-corrected chi connectivity index (χ4v) is 2.37. The van der Waals surface area contributed by atoms with Gasteiger partial charge in [-0.05, 0) is 53.3 Å². The monoisotopic (exact) mass is 290 g/mol. The highest BCUT2D eigenvalue weighted by Crippen LogP contribution is 2.24. The van der Waals surface area contributed by atoms with Crippen molar-refractivity contribution in [2.75, 3.05) is 0 Å². The van der Waals surface area contributed by atoms with Gasteiger partial charge in [0.2, 0.25) is 5.24 Å². The van der Waals surface area contributed by atoms with Crippen molar-refractivity contribution in [2.45, 2.75) is 25.7 Å². The quantitative estimate of drug-likeness (QED) is 0.742. The van der Waals surface area contributed by atoms with Gasteiger partial charge in [0.05, 0.1) is 5.92 Å². The van der Waals surface area contributed by atoms with E-state index in [0.29, 0.717) is 6.42 Å². The van der Waals surface area contributed by atoms with Gasteiger partial charge in [-0.1, -0.05) is 43.3 Å². The maximum Gasteiger partial charge on any atom is 0.229 e. The van der Waals surface area contributed by atoms with Crippen LogP contribution in [0, 0.1) is 5.82 Å². The normalized spacial score (nSPS) is 12.2. The lowest BCUT2D eigenvalue weighted by Gasteiger charge is -2.13. The standard InChI is InChI=1S/C17H16ClFO/c1-2-12-3-5-13(6-4-12)11-16(17(18)20)14-7-9-15(19)10-8-14/h3-10,16H,2,11H2,1H3. The highest BCUT2D eigenvalue weighted by Gasteiger charge is 2.19. The third-order valence-corrected chi connectivity index (χ3v) is 3.68. The van der Waals surface area contributed by atoms with Gasteiger partial charge in [-0.2, -0.15) is 0 Å². The van der Waals surface area contributed by atoms with Crippen LogP contribution < -0.4 is 0 Å². The third-order valence-electron chi connectivity index (χ3n) is 3.42. The third kappa shape index (κ3) is 3.67. The molecule has 0 spiro atoms. The van der Waals surface area contributed by atoms with Crippen molar-refractivity contribution in [3.8, 4) is 0 Å². The van der Waals surface area contributed by atoms with Crippen molar-refractivity contribution in [3.63, 3.8) is 0 Å². The second-order valence-electron chi connectivity index (χ2n) is 4.78. The molecule has 0 aliphatic heterocycles. The van der Waals surface area contributed by atoms with Gasteiger partial charge in [0.15, 0.2) is 0 Å². The molecular formula is C17H16ClFO. The Morgan fingerprint density at radius 2 is 1.60 bits per heavy atom. The number of rotatable bonds is 5. The van der Waals surface area contributed by atoms with Crippen LogP contribution in [0.1, 0.15) is 29.5 Å². The fourth-order valence-electron chi connectivity index (χ4n) is 2.17. The molecule has 1 unspecified atom stereocenters. The minimum Gasteiger partial charge on any atom is -0.281 e. The lowest BCUT2D eigenvalue weighted by Crippen LogP contribution is -2.10. The Morgan fingerprint density at radius 1 is 1.05 bits per heavy atom. The molecule has 0 aliphatic carbocycles. The van der Waals surface area contributed by atoms with Crippen LogP contribution in [0.4, 0.5) is 4.39 Å². The summed E-state index contributed by atoms with van der Waals surface area (Å²) in [6, 6.07) is 14.0. The molecule has 0 aliphatic rings. The number of aryl methyl sites for hydroxylation is 1. The van der Waals surface area contributed by atoms with Crippen LogP contribution in [-0.2, 0) is 17.6 Å². The number of carbonyl (C=O) groups is 1. The van der Waals surface area contributed by atoms with E-state index < -0.39 is 11.2 Å². The second kappa shape index (κ2) is 6.67. The molecule has 0 aromatic heterocycles. The van der Waals surface area contributed by atoms with E-state index in [4.69, 9.17) is 11.6 Å². The molecule has 0 bridgehead atoms. The van der Waals surface area contributed by atoms with Crippen LogP contribution in [0.2, 0.25) is 0 Å². The summed E-state index contributed by atoms with van der Waals surface area (Å²) >= 11 is 5.69. The number of hydrogen-bond donors (Lipinski definition) is 0. The first-order chi connectivity index (χ1) is 9.60. The minimum atomic E-state index is -0.440. The Kier molecular flexibility index (Phi) is 4.91.